The number of nitrogens with one attached hydrogen (secondary N) is 1. The van der Waals surface area contributed by atoms with Gasteiger partial charge >= 0.3 is 0 Å². The summed E-state index contributed by atoms with van der Waals surface area (Å²) < 4.78 is 10.5. The van der Waals surface area contributed by atoms with E-state index in [0.29, 0.717) is 12.8 Å². The molecule has 0 saturated carbocycles. The van der Waals surface area contributed by atoms with E-state index in [0.717, 1.165) is 29.0 Å². The van der Waals surface area contributed by atoms with E-state index in [1.807, 2.05) is 18.2 Å². The fourth-order valence-electron chi connectivity index (χ4n) is 2.75. The molecule has 0 bridgehead atoms. The van der Waals surface area contributed by atoms with E-state index < -0.39 is 0 Å². The van der Waals surface area contributed by atoms with Crippen LogP contribution in [0.15, 0.2) is 42.5 Å². The molecule has 1 atom stereocenters. The Labute approximate surface area is 150 Å². The lowest BCUT2D eigenvalue weighted by atomic mass is 10.0. The average Bonchev–Trinajstić information content (AvgIpc) is 2.64. The molecule has 1 unspecified atom stereocenters. The van der Waals surface area contributed by atoms with Gasteiger partial charge in [-0.1, -0.05) is 36.8 Å². The predicted molar refractivity (Wildman–Crippen MR) is 100 cm³/mol. The number of hydrogen-bond donors (Lipinski definition) is 1. The van der Waals surface area contributed by atoms with Gasteiger partial charge in [-0.05, 0) is 43.0 Å². The van der Waals surface area contributed by atoms with Crippen LogP contribution < -0.4 is 14.8 Å². The van der Waals surface area contributed by atoms with Crippen molar-refractivity contribution < 1.29 is 14.3 Å². The van der Waals surface area contributed by atoms with Crippen molar-refractivity contribution in [1.82, 2.24) is 5.32 Å². The zero-order chi connectivity index (χ0) is 18.2. The van der Waals surface area contributed by atoms with Gasteiger partial charge in [0, 0.05) is 12.5 Å². The lowest BCUT2D eigenvalue weighted by molar-refractivity contribution is -0.121. The zero-order valence-electron chi connectivity index (χ0n) is 15.5. The summed E-state index contributed by atoms with van der Waals surface area (Å²) in [5, 5.41) is 3.13. The standard InChI is InChI=1S/C21H27NO3/c1-5-20(17-9-6-15(2)7-10-17)22-21(23)11-8-16-12-18(24-3)14-19(13-16)25-4/h6-7,9-10,12-14,20H,5,8,11H2,1-4H3,(H,22,23). The number of aryl methyl sites for hydroxylation is 2. The van der Waals surface area contributed by atoms with Crippen molar-refractivity contribution in [3.63, 3.8) is 0 Å². The number of rotatable bonds is 8. The summed E-state index contributed by atoms with van der Waals surface area (Å²) in [6.45, 7) is 4.14. The third-order valence-electron chi connectivity index (χ3n) is 4.28. The quantitative estimate of drug-likeness (QED) is 0.782. The molecule has 4 nitrogen and oxygen atoms in total. The molecule has 0 radical (unpaired) electrons. The van der Waals surface area contributed by atoms with E-state index in [2.05, 4.69) is 43.4 Å². The molecule has 4 heteroatoms. The first-order chi connectivity index (χ1) is 12.0. The van der Waals surface area contributed by atoms with E-state index in [4.69, 9.17) is 9.47 Å². The molecule has 1 amide bonds. The number of hydrogen-bond acceptors (Lipinski definition) is 3. The molecule has 134 valence electrons. The van der Waals surface area contributed by atoms with Gasteiger partial charge < -0.3 is 14.8 Å². The maximum absolute atomic E-state index is 12.4. The van der Waals surface area contributed by atoms with Gasteiger partial charge in [-0.25, -0.2) is 0 Å². The molecule has 0 fully saturated rings. The number of methoxy groups -OCH3 is 2. The van der Waals surface area contributed by atoms with E-state index >= 15 is 0 Å². The van der Waals surface area contributed by atoms with Crippen molar-refractivity contribution in [3.05, 3.63) is 59.2 Å². The summed E-state index contributed by atoms with van der Waals surface area (Å²) in [6.07, 6.45) is 1.93. The van der Waals surface area contributed by atoms with Gasteiger partial charge in [-0.2, -0.15) is 0 Å². The second kappa shape index (κ2) is 9.11. The molecule has 0 aliphatic carbocycles. The van der Waals surface area contributed by atoms with Crippen LogP contribution in [0.5, 0.6) is 11.5 Å². The first-order valence-corrected chi connectivity index (χ1v) is 8.63. The molecule has 2 rings (SSSR count). The highest BCUT2D eigenvalue weighted by Gasteiger charge is 2.13. The lowest BCUT2D eigenvalue weighted by Crippen LogP contribution is -2.28. The van der Waals surface area contributed by atoms with Crippen LogP contribution in [0, 0.1) is 6.92 Å². The summed E-state index contributed by atoms with van der Waals surface area (Å²) >= 11 is 0. The van der Waals surface area contributed by atoms with Crippen LogP contribution in [-0.2, 0) is 11.2 Å². The van der Waals surface area contributed by atoms with E-state index in [9.17, 15) is 4.79 Å². The molecule has 0 aliphatic rings. The second-order valence-electron chi connectivity index (χ2n) is 6.16. The fourth-order valence-corrected chi connectivity index (χ4v) is 2.75. The monoisotopic (exact) mass is 341 g/mol. The molecule has 0 heterocycles. The van der Waals surface area contributed by atoms with E-state index in [-0.39, 0.29) is 11.9 Å². The van der Waals surface area contributed by atoms with Crippen LogP contribution >= 0.6 is 0 Å². The minimum Gasteiger partial charge on any atom is -0.497 e. The van der Waals surface area contributed by atoms with Gasteiger partial charge in [0.25, 0.3) is 0 Å². The van der Waals surface area contributed by atoms with Gasteiger partial charge in [-0.3, -0.25) is 4.79 Å². The van der Waals surface area contributed by atoms with Crippen molar-refractivity contribution in [2.24, 2.45) is 0 Å². The number of benzene rings is 2. The van der Waals surface area contributed by atoms with E-state index in [1.165, 1.54) is 5.56 Å². The van der Waals surface area contributed by atoms with Crippen LogP contribution in [0.3, 0.4) is 0 Å². The Morgan fingerprint density at radius 1 is 1.04 bits per heavy atom. The van der Waals surface area contributed by atoms with Crippen molar-refractivity contribution in [2.45, 2.75) is 39.2 Å². The molecular weight excluding hydrogens is 314 g/mol. The summed E-state index contributed by atoms with van der Waals surface area (Å²) in [4.78, 5) is 12.4. The molecule has 2 aromatic carbocycles. The van der Waals surface area contributed by atoms with Crippen LogP contribution in [-0.4, -0.2) is 20.1 Å². The molecule has 0 saturated heterocycles. The van der Waals surface area contributed by atoms with Gasteiger partial charge in [0.1, 0.15) is 11.5 Å². The van der Waals surface area contributed by atoms with Crippen LogP contribution in [0.1, 0.15) is 42.5 Å². The Morgan fingerprint density at radius 2 is 1.64 bits per heavy atom. The Balaban J connectivity index is 1.96. The summed E-state index contributed by atoms with van der Waals surface area (Å²) in [5.74, 6) is 1.52. The van der Waals surface area contributed by atoms with Crippen LogP contribution in [0.4, 0.5) is 0 Å². The fraction of sp³-hybridized carbons (Fsp3) is 0.381. The van der Waals surface area contributed by atoms with Crippen LogP contribution in [0.25, 0.3) is 0 Å². The maximum atomic E-state index is 12.4. The summed E-state index contributed by atoms with van der Waals surface area (Å²) in [5.41, 5.74) is 3.39. The first kappa shape index (κ1) is 18.8. The first-order valence-electron chi connectivity index (χ1n) is 8.63. The Hall–Kier alpha value is -2.49. The molecule has 0 spiro atoms. The highest BCUT2D eigenvalue weighted by molar-refractivity contribution is 5.76. The molecule has 1 N–H and O–H groups in total. The third kappa shape index (κ3) is 5.52. The van der Waals surface area contributed by atoms with Crippen molar-refractivity contribution in [3.8, 4) is 11.5 Å². The van der Waals surface area contributed by atoms with Gasteiger partial charge in [-0.15, -0.1) is 0 Å². The van der Waals surface area contributed by atoms with Gasteiger partial charge in [0.15, 0.2) is 0 Å². The number of ether oxygens (including phenoxy) is 2. The zero-order valence-corrected chi connectivity index (χ0v) is 15.5. The third-order valence-corrected chi connectivity index (χ3v) is 4.28. The lowest BCUT2D eigenvalue weighted by Gasteiger charge is -2.18. The predicted octanol–water partition coefficient (Wildman–Crippen LogP) is 4.21. The molecule has 0 aliphatic heterocycles. The van der Waals surface area contributed by atoms with Crippen molar-refractivity contribution >= 4 is 5.91 Å². The topological polar surface area (TPSA) is 47.6 Å². The Morgan fingerprint density at radius 3 is 2.16 bits per heavy atom. The second-order valence-corrected chi connectivity index (χ2v) is 6.16. The normalized spacial score (nSPS) is 11.7. The summed E-state index contributed by atoms with van der Waals surface area (Å²) in [6, 6.07) is 14.1. The Bertz CT molecular complexity index is 673. The molecule has 25 heavy (non-hydrogen) atoms. The maximum Gasteiger partial charge on any atom is 0.220 e. The SMILES string of the molecule is CCC(NC(=O)CCc1cc(OC)cc(OC)c1)c1ccc(C)cc1. The smallest absolute Gasteiger partial charge is 0.220 e. The number of carbonyl (C=O) groups is 1. The number of amides is 1. The average molecular weight is 341 g/mol. The largest absolute Gasteiger partial charge is 0.497 e. The Kier molecular flexibility index (Phi) is 6.87. The van der Waals surface area contributed by atoms with Crippen molar-refractivity contribution in [2.75, 3.05) is 14.2 Å². The minimum atomic E-state index is 0.0490. The highest BCUT2D eigenvalue weighted by Crippen LogP contribution is 2.23. The van der Waals surface area contributed by atoms with Gasteiger partial charge in [0.2, 0.25) is 5.91 Å². The highest BCUT2D eigenvalue weighted by atomic mass is 16.5. The molecule has 2 aromatic rings. The van der Waals surface area contributed by atoms with E-state index in [1.54, 1.807) is 14.2 Å². The minimum absolute atomic E-state index is 0.0490. The number of carbonyl (C=O) groups excluding carboxylic acids is 1. The molecular formula is C21H27NO3. The summed E-state index contributed by atoms with van der Waals surface area (Å²) in [7, 11) is 3.25. The van der Waals surface area contributed by atoms with Gasteiger partial charge in [0.05, 0.1) is 20.3 Å². The van der Waals surface area contributed by atoms with Crippen molar-refractivity contribution in [1.29, 1.82) is 0 Å². The van der Waals surface area contributed by atoms with Crippen LogP contribution in [0.2, 0.25) is 0 Å². The molecule has 0 aromatic heterocycles.